The fourth-order valence-electron chi connectivity index (χ4n) is 6.87. The molecule has 0 aliphatic heterocycles. The van der Waals surface area contributed by atoms with Crippen LogP contribution in [-0.2, 0) is 27.2 Å². The number of nitrogens with one attached hydrogen (secondary N) is 2. The number of rotatable bonds is 12. The van der Waals surface area contributed by atoms with E-state index >= 15 is 0 Å². The van der Waals surface area contributed by atoms with E-state index in [1.807, 2.05) is 27.7 Å². The molecule has 0 saturated heterocycles. The summed E-state index contributed by atoms with van der Waals surface area (Å²) in [5.41, 5.74) is 0. The van der Waals surface area contributed by atoms with Crippen LogP contribution in [0.3, 0.4) is 0 Å². The second-order valence-electron chi connectivity index (χ2n) is 10.4. The van der Waals surface area contributed by atoms with Crippen LogP contribution in [0.1, 0.15) is 80.1 Å². The van der Waals surface area contributed by atoms with E-state index in [0.717, 1.165) is 11.8 Å². The molecule has 34 heavy (non-hydrogen) atoms. The van der Waals surface area contributed by atoms with Crippen molar-refractivity contribution in [2.24, 2.45) is 35.5 Å². The molecule has 0 aromatic carbocycles. The Balaban J connectivity index is 0.000000191. The molecule has 4 fully saturated rings. The van der Waals surface area contributed by atoms with Gasteiger partial charge in [-0.1, -0.05) is 13.8 Å². The Morgan fingerprint density at radius 2 is 0.882 bits per heavy atom. The number of hydrogen-bond donors (Lipinski definition) is 2. The molecule has 4 bridgehead atoms. The van der Waals surface area contributed by atoms with Gasteiger partial charge >= 0.3 is 15.5 Å². The molecule has 10 heteroatoms. The van der Waals surface area contributed by atoms with Gasteiger partial charge in [-0.05, 0) is 102 Å². The van der Waals surface area contributed by atoms with Gasteiger partial charge in [0.15, 0.2) is 0 Å². The Hall–Kier alpha value is 0.220. The minimum absolute atomic E-state index is 0.303. The minimum Gasteiger partial charge on any atom is -0.297 e. The minimum atomic E-state index is -3.09. The predicted octanol–water partition coefficient (Wildman–Crippen LogP) is 6.38. The molecule has 0 aromatic rings. The lowest BCUT2D eigenvalue weighted by molar-refractivity contribution is 0.190. The van der Waals surface area contributed by atoms with Crippen LogP contribution in [0.4, 0.5) is 0 Å². The zero-order chi connectivity index (χ0) is 24.9. The zero-order valence-electron chi connectivity index (χ0n) is 22.0. The lowest BCUT2D eigenvalue weighted by atomic mass is 9.87. The quantitative estimate of drug-likeness (QED) is 0.285. The highest BCUT2D eigenvalue weighted by Gasteiger charge is 2.49. The highest BCUT2D eigenvalue weighted by molar-refractivity contribution is 7.51. The standard InChI is InChI=1S/2C12H24NO3P/c2*1-4-15-17(14,16-5-2)13-12-9(3)10-6-7-11(12)8-10/h2*9-12H,4-8H2,1-3H3,(H,13,14). The van der Waals surface area contributed by atoms with E-state index in [4.69, 9.17) is 18.1 Å². The maximum Gasteiger partial charge on any atom is 0.405 e. The molecule has 8 atom stereocenters. The van der Waals surface area contributed by atoms with Crippen molar-refractivity contribution in [1.29, 1.82) is 0 Å². The van der Waals surface area contributed by atoms with Gasteiger partial charge in [-0.2, -0.15) is 0 Å². The molecule has 0 spiro atoms. The molecular weight excluding hydrogens is 474 g/mol. The van der Waals surface area contributed by atoms with Crippen LogP contribution >= 0.6 is 15.5 Å². The van der Waals surface area contributed by atoms with Gasteiger partial charge in [0.1, 0.15) is 0 Å². The molecular formula is C24H48N2O6P2. The highest BCUT2D eigenvalue weighted by Crippen LogP contribution is 2.54. The Kier molecular flexibility index (Phi) is 10.7. The van der Waals surface area contributed by atoms with E-state index in [0.29, 0.717) is 62.2 Å². The molecule has 4 rings (SSSR count). The third-order valence-corrected chi connectivity index (χ3v) is 12.1. The summed E-state index contributed by atoms with van der Waals surface area (Å²) < 4.78 is 46.1. The van der Waals surface area contributed by atoms with E-state index < -0.39 is 15.5 Å². The van der Waals surface area contributed by atoms with Crippen molar-refractivity contribution in [2.45, 2.75) is 92.2 Å². The highest BCUT2D eigenvalue weighted by atomic mass is 31.2. The molecule has 200 valence electrons. The SMILES string of the molecule is CCOP(=O)(NC1C2CCC(C2)C1C)OCC.CCOP(=O)(NC1C2CCC(C2)C1C)OCC. The second kappa shape index (κ2) is 12.6. The summed E-state index contributed by atoms with van der Waals surface area (Å²) in [5.74, 6) is 4.09. The first-order valence-corrected chi connectivity index (χ1v) is 16.6. The molecule has 8 unspecified atom stereocenters. The fourth-order valence-corrected chi connectivity index (χ4v) is 10.3. The first kappa shape index (κ1) is 28.8. The average molecular weight is 523 g/mol. The predicted molar refractivity (Wildman–Crippen MR) is 136 cm³/mol. The first-order valence-electron chi connectivity index (χ1n) is 13.5. The van der Waals surface area contributed by atoms with Crippen LogP contribution in [0.5, 0.6) is 0 Å². The normalized spacial score (nSPS) is 36.6. The van der Waals surface area contributed by atoms with Crippen LogP contribution in [0.2, 0.25) is 0 Å². The molecule has 0 heterocycles. The Bertz CT molecular complexity index is 656. The molecule has 0 amide bonds. The van der Waals surface area contributed by atoms with Crippen molar-refractivity contribution < 1.29 is 27.2 Å². The second-order valence-corrected chi connectivity index (χ2v) is 13.9. The third kappa shape index (κ3) is 6.75. The van der Waals surface area contributed by atoms with Gasteiger partial charge < -0.3 is 0 Å². The molecule has 0 radical (unpaired) electrons. The molecule has 4 saturated carbocycles. The third-order valence-electron chi connectivity index (χ3n) is 8.47. The van der Waals surface area contributed by atoms with E-state index in [9.17, 15) is 9.13 Å². The summed E-state index contributed by atoms with van der Waals surface area (Å²) >= 11 is 0. The van der Waals surface area contributed by atoms with Crippen LogP contribution in [0.15, 0.2) is 0 Å². The van der Waals surface area contributed by atoms with Crippen molar-refractivity contribution in [2.75, 3.05) is 26.4 Å². The van der Waals surface area contributed by atoms with Crippen LogP contribution in [-0.4, -0.2) is 38.5 Å². The van der Waals surface area contributed by atoms with Crippen molar-refractivity contribution in [3.05, 3.63) is 0 Å². The topological polar surface area (TPSA) is 95.1 Å². The number of hydrogen-bond acceptors (Lipinski definition) is 6. The number of fused-ring (bicyclic) bond motifs is 4. The van der Waals surface area contributed by atoms with E-state index in [1.54, 1.807) is 0 Å². The van der Waals surface area contributed by atoms with Gasteiger partial charge in [0, 0.05) is 12.1 Å². The molecule has 8 nitrogen and oxygen atoms in total. The van der Waals surface area contributed by atoms with Crippen LogP contribution in [0.25, 0.3) is 0 Å². The lowest BCUT2D eigenvalue weighted by Gasteiger charge is -2.31. The summed E-state index contributed by atoms with van der Waals surface area (Å²) in [6.45, 7) is 13.6. The maximum atomic E-state index is 12.4. The molecule has 4 aliphatic carbocycles. The monoisotopic (exact) mass is 522 g/mol. The van der Waals surface area contributed by atoms with Gasteiger partial charge in [-0.3, -0.25) is 18.1 Å². The van der Waals surface area contributed by atoms with Crippen LogP contribution in [0, 0.1) is 35.5 Å². The van der Waals surface area contributed by atoms with E-state index in [1.165, 1.54) is 38.5 Å². The summed E-state index contributed by atoms with van der Waals surface area (Å²) in [4.78, 5) is 0. The largest absolute Gasteiger partial charge is 0.405 e. The average Bonchev–Trinajstić information content (AvgIpc) is 3.55. The Labute approximate surface area is 207 Å². The van der Waals surface area contributed by atoms with E-state index in [-0.39, 0.29) is 0 Å². The van der Waals surface area contributed by atoms with Gasteiger partial charge in [-0.15, -0.1) is 0 Å². The van der Waals surface area contributed by atoms with Crippen molar-refractivity contribution >= 4 is 15.5 Å². The van der Waals surface area contributed by atoms with Gasteiger partial charge in [-0.25, -0.2) is 19.3 Å². The summed E-state index contributed by atoms with van der Waals surface area (Å²) in [7, 11) is -6.17. The van der Waals surface area contributed by atoms with Gasteiger partial charge in [0.25, 0.3) is 0 Å². The van der Waals surface area contributed by atoms with Gasteiger partial charge in [0.2, 0.25) is 0 Å². The summed E-state index contributed by atoms with van der Waals surface area (Å²) in [6, 6.07) is 0.607. The molecule has 4 aliphatic rings. The zero-order valence-corrected chi connectivity index (χ0v) is 23.8. The first-order chi connectivity index (χ1) is 16.2. The lowest BCUT2D eigenvalue weighted by Crippen LogP contribution is -2.38. The van der Waals surface area contributed by atoms with Crippen LogP contribution < -0.4 is 10.2 Å². The Morgan fingerprint density at radius 1 is 0.588 bits per heavy atom. The summed E-state index contributed by atoms with van der Waals surface area (Å²) in [5, 5.41) is 6.37. The van der Waals surface area contributed by atoms with Crippen molar-refractivity contribution in [3.8, 4) is 0 Å². The Morgan fingerprint density at radius 3 is 1.12 bits per heavy atom. The van der Waals surface area contributed by atoms with Crippen molar-refractivity contribution in [1.82, 2.24) is 10.2 Å². The molecule has 2 N–H and O–H groups in total. The smallest absolute Gasteiger partial charge is 0.297 e. The fraction of sp³-hybridized carbons (Fsp3) is 1.00. The summed E-state index contributed by atoms with van der Waals surface area (Å²) in [6.07, 6.45) is 7.72. The van der Waals surface area contributed by atoms with Crippen molar-refractivity contribution in [3.63, 3.8) is 0 Å². The molecule has 0 aromatic heterocycles. The maximum absolute atomic E-state index is 12.4. The van der Waals surface area contributed by atoms with Gasteiger partial charge in [0.05, 0.1) is 26.4 Å². The van der Waals surface area contributed by atoms with E-state index in [2.05, 4.69) is 24.0 Å².